The van der Waals surface area contributed by atoms with Gasteiger partial charge in [-0.15, -0.1) is 0 Å². The molecule has 5 rings (SSSR count). The summed E-state index contributed by atoms with van der Waals surface area (Å²) in [6, 6.07) is 11.0. The Balaban J connectivity index is 1.31. The number of anilines is 1. The van der Waals surface area contributed by atoms with Crippen LogP contribution in [-0.2, 0) is 19.6 Å². The molecule has 1 aromatic heterocycles. The average Bonchev–Trinajstić information content (AvgIpc) is 3.33. The summed E-state index contributed by atoms with van der Waals surface area (Å²) in [6.07, 6.45) is 0. The molecular weight excluding hydrogens is 468 g/mol. The first kappa shape index (κ1) is 21.6. The fourth-order valence-electron chi connectivity index (χ4n) is 3.74. The molecule has 1 N–H and O–H groups in total. The molecule has 170 valence electrons. The molecule has 3 heterocycles. The van der Waals surface area contributed by atoms with E-state index in [0.29, 0.717) is 36.5 Å². The van der Waals surface area contributed by atoms with E-state index in [2.05, 4.69) is 10.3 Å². The van der Waals surface area contributed by atoms with Crippen LogP contribution in [-0.4, -0.2) is 73.2 Å². The predicted molar refractivity (Wildman–Crippen MR) is 120 cm³/mol. The highest BCUT2D eigenvalue weighted by Gasteiger charge is 2.36. The molecule has 0 spiro atoms. The fraction of sp³-hybridized carbons (Fsp3) is 0.238. The SMILES string of the molecule is O=C(CN1C(=O)c2ccccc2C1=O)Nc1nc2ccc(S(=O)(=O)N3CCOCC3)cc2s1. The second kappa shape index (κ2) is 8.30. The number of benzene rings is 2. The molecule has 2 aliphatic rings. The first-order chi connectivity index (χ1) is 15.8. The molecule has 1 saturated heterocycles. The molecule has 0 atom stereocenters. The number of hydrogen-bond donors (Lipinski definition) is 1. The summed E-state index contributed by atoms with van der Waals surface area (Å²) in [4.78, 5) is 42.7. The van der Waals surface area contributed by atoms with Crippen LogP contribution in [0.1, 0.15) is 20.7 Å². The number of carbonyl (C=O) groups excluding carboxylic acids is 3. The molecule has 0 unspecified atom stereocenters. The Hall–Kier alpha value is -3.19. The number of rotatable bonds is 5. The highest BCUT2D eigenvalue weighted by Crippen LogP contribution is 2.30. The van der Waals surface area contributed by atoms with Gasteiger partial charge in [0.15, 0.2) is 5.13 Å². The van der Waals surface area contributed by atoms with Gasteiger partial charge in [-0.25, -0.2) is 13.4 Å². The summed E-state index contributed by atoms with van der Waals surface area (Å²) in [5, 5.41) is 2.84. The molecule has 3 aromatic rings. The van der Waals surface area contributed by atoms with Gasteiger partial charge < -0.3 is 10.1 Å². The molecule has 0 radical (unpaired) electrons. The van der Waals surface area contributed by atoms with E-state index in [1.54, 1.807) is 30.3 Å². The van der Waals surface area contributed by atoms with Gasteiger partial charge in [-0.1, -0.05) is 23.5 Å². The van der Waals surface area contributed by atoms with Crippen molar-refractivity contribution in [3.8, 4) is 0 Å². The maximum atomic E-state index is 12.9. The van der Waals surface area contributed by atoms with Crippen LogP contribution in [0.3, 0.4) is 0 Å². The Morgan fingerprint density at radius 1 is 1.06 bits per heavy atom. The molecule has 0 aliphatic carbocycles. The molecule has 3 amide bonds. The van der Waals surface area contributed by atoms with Crippen molar-refractivity contribution in [2.24, 2.45) is 0 Å². The minimum atomic E-state index is -3.66. The number of hydrogen-bond acceptors (Lipinski definition) is 8. The molecule has 10 nitrogen and oxygen atoms in total. The predicted octanol–water partition coefficient (Wildman–Crippen LogP) is 1.55. The number of amides is 3. The number of nitrogens with zero attached hydrogens (tertiary/aromatic N) is 3. The second-order valence-electron chi connectivity index (χ2n) is 7.46. The van der Waals surface area contributed by atoms with E-state index in [9.17, 15) is 22.8 Å². The number of carbonyl (C=O) groups is 3. The molecular formula is C21H18N4O6S2. The van der Waals surface area contributed by atoms with Crippen LogP contribution in [0.4, 0.5) is 5.13 Å². The van der Waals surface area contributed by atoms with Crippen LogP contribution >= 0.6 is 11.3 Å². The lowest BCUT2D eigenvalue weighted by Crippen LogP contribution is -2.40. The highest BCUT2D eigenvalue weighted by atomic mass is 32.2. The Morgan fingerprint density at radius 2 is 1.73 bits per heavy atom. The lowest BCUT2D eigenvalue weighted by Gasteiger charge is -2.25. The molecule has 1 fully saturated rings. The lowest BCUT2D eigenvalue weighted by molar-refractivity contribution is -0.116. The molecule has 0 saturated carbocycles. The van der Waals surface area contributed by atoms with Crippen molar-refractivity contribution in [1.82, 2.24) is 14.2 Å². The van der Waals surface area contributed by atoms with Gasteiger partial charge in [0.1, 0.15) is 6.54 Å². The maximum Gasteiger partial charge on any atom is 0.262 e. The third kappa shape index (κ3) is 3.91. The largest absolute Gasteiger partial charge is 0.379 e. The van der Waals surface area contributed by atoms with Crippen molar-refractivity contribution in [2.45, 2.75) is 4.90 Å². The Bertz CT molecular complexity index is 1360. The van der Waals surface area contributed by atoms with Gasteiger partial charge in [-0.2, -0.15) is 4.31 Å². The van der Waals surface area contributed by atoms with E-state index in [1.807, 2.05) is 0 Å². The normalized spacial score (nSPS) is 16.9. The van der Waals surface area contributed by atoms with E-state index >= 15 is 0 Å². The maximum absolute atomic E-state index is 12.9. The molecule has 33 heavy (non-hydrogen) atoms. The lowest BCUT2D eigenvalue weighted by atomic mass is 10.1. The zero-order valence-corrected chi connectivity index (χ0v) is 18.8. The van der Waals surface area contributed by atoms with Gasteiger partial charge in [-0.3, -0.25) is 19.3 Å². The minimum Gasteiger partial charge on any atom is -0.379 e. The van der Waals surface area contributed by atoms with Crippen molar-refractivity contribution < 1.29 is 27.5 Å². The number of morpholine rings is 1. The van der Waals surface area contributed by atoms with Crippen molar-refractivity contribution in [3.05, 3.63) is 53.6 Å². The van der Waals surface area contributed by atoms with Gasteiger partial charge in [0.25, 0.3) is 11.8 Å². The number of sulfonamides is 1. The zero-order valence-electron chi connectivity index (χ0n) is 17.2. The first-order valence-electron chi connectivity index (χ1n) is 10.1. The number of aromatic nitrogens is 1. The highest BCUT2D eigenvalue weighted by molar-refractivity contribution is 7.89. The van der Waals surface area contributed by atoms with Gasteiger partial charge in [0.2, 0.25) is 15.9 Å². The molecule has 12 heteroatoms. The third-order valence-electron chi connectivity index (χ3n) is 5.39. The van der Waals surface area contributed by atoms with Crippen molar-refractivity contribution in [2.75, 3.05) is 38.2 Å². The van der Waals surface area contributed by atoms with Gasteiger partial charge in [0, 0.05) is 13.1 Å². The summed E-state index contributed by atoms with van der Waals surface area (Å²) < 4.78 is 32.9. The molecule has 0 bridgehead atoms. The van der Waals surface area contributed by atoms with Crippen molar-refractivity contribution in [1.29, 1.82) is 0 Å². The minimum absolute atomic E-state index is 0.143. The van der Waals surface area contributed by atoms with Gasteiger partial charge in [0.05, 0.1) is 39.5 Å². The number of thiazole rings is 1. The second-order valence-corrected chi connectivity index (χ2v) is 10.4. The fourth-order valence-corrected chi connectivity index (χ4v) is 6.17. The van der Waals surface area contributed by atoms with E-state index in [0.717, 1.165) is 16.2 Å². The quantitative estimate of drug-likeness (QED) is 0.542. The summed E-state index contributed by atoms with van der Waals surface area (Å²) >= 11 is 1.11. The van der Waals surface area contributed by atoms with Crippen molar-refractivity contribution >= 4 is 54.4 Å². The van der Waals surface area contributed by atoms with E-state index in [1.165, 1.54) is 16.4 Å². The molecule has 2 aliphatic heterocycles. The zero-order chi connectivity index (χ0) is 23.2. The van der Waals surface area contributed by atoms with Crippen LogP contribution in [0.5, 0.6) is 0 Å². The number of imide groups is 1. The topological polar surface area (TPSA) is 126 Å². The van der Waals surface area contributed by atoms with Crippen LogP contribution in [0.2, 0.25) is 0 Å². The van der Waals surface area contributed by atoms with Crippen LogP contribution < -0.4 is 5.32 Å². The Labute approximate surface area is 192 Å². The van der Waals surface area contributed by atoms with E-state index in [-0.39, 0.29) is 21.2 Å². The summed E-state index contributed by atoms with van der Waals surface area (Å²) in [7, 11) is -3.66. The first-order valence-corrected chi connectivity index (χ1v) is 12.3. The van der Waals surface area contributed by atoms with Crippen LogP contribution in [0, 0.1) is 0 Å². The van der Waals surface area contributed by atoms with E-state index in [4.69, 9.17) is 4.74 Å². The standard InChI is InChI=1S/C21H18N4O6S2/c26-18(12-25-19(27)14-3-1-2-4-15(14)20(25)28)23-21-22-16-6-5-13(11-17(16)32-21)33(29,30)24-7-9-31-10-8-24/h1-6,11H,7-10,12H2,(H,22,23,26). The summed E-state index contributed by atoms with van der Waals surface area (Å²) in [5.74, 6) is -1.62. The Morgan fingerprint density at radius 3 is 2.39 bits per heavy atom. The van der Waals surface area contributed by atoms with Gasteiger partial charge in [-0.05, 0) is 30.3 Å². The van der Waals surface area contributed by atoms with E-state index < -0.39 is 34.3 Å². The van der Waals surface area contributed by atoms with Crippen LogP contribution in [0.25, 0.3) is 10.2 Å². The number of ether oxygens (including phenoxy) is 1. The molecule has 2 aromatic carbocycles. The monoisotopic (exact) mass is 486 g/mol. The number of nitrogens with one attached hydrogen (secondary N) is 1. The summed E-state index contributed by atoms with van der Waals surface area (Å²) in [5.41, 5.74) is 1.06. The van der Waals surface area contributed by atoms with Gasteiger partial charge >= 0.3 is 0 Å². The smallest absolute Gasteiger partial charge is 0.262 e. The third-order valence-corrected chi connectivity index (χ3v) is 8.22. The average molecular weight is 487 g/mol. The Kier molecular flexibility index (Phi) is 5.44. The van der Waals surface area contributed by atoms with Crippen molar-refractivity contribution in [3.63, 3.8) is 0 Å². The number of fused-ring (bicyclic) bond motifs is 2. The van der Waals surface area contributed by atoms with Crippen LogP contribution in [0.15, 0.2) is 47.4 Å². The summed E-state index contributed by atoms with van der Waals surface area (Å²) in [6.45, 7) is 0.847.